The van der Waals surface area contributed by atoms with Crippen molar-refractivity contribution in [2.24, 2.45) is 11.8 Å². The van der Waals surface area contributed by atoms with Crippen LogP contribution in [0.15, 0.2) is 35.7 Å². The second-order valence-corrected chi connectivity index (χ2v) is 8.36. The molecule has 1 aliphatic carbocycles. The first-order chi connectivity index (χ1) is 11.6. The average Bonchev–Trinajstić information content (AvgIpc) is 3.15. The van der Waals surface area contributed by atoms with Crippen molar-refractivity contribution < 1.29 is 9.84 Å². The summed E-state index contributed by atoms with van der Waals surface area (Å²) in [5.74, 6) is 1.38. The van der Waals surface area contributed by atoms with Crippen molar-refractivity contribution in [1.82, 2.24) is 0 Å². The first kappa shape index (κ1) is 18.1. The van der Waals surface area contributed by atoms with Gasteiger partial charge in [-0.25, -0.2) is 0 Å². The maximum atomic E-state index is 10.3. The van der Waals surface area contributed by atoms with Crippen LogP contribution < -0.4 is 4.74 Å². The van der Waals surface area contributed by atoms with Gasteiger partial charge >= 0.3 is 0 Å². The molecular weight excluding hydrogens is 363 g/mol. The SMILES string of the molecule is O[C@@H]1CC[C@H](CCCc2cccs2)[C@H]1COc1cc(Cl)cc(Cl)c1. The fourth-order valence-corrected chi connectivity index (χ4v) is 4.79. The van der Waals surface area contributed by atoms with E-state index in [4.69, 9.17) is 27.9 Å². The second kappa shape index (κ2) is 8.57. The molecule has 0 unspecified atom stereocenters. The van der Waals surface area contributed by atoms with Gasteiger partial charge in [0.2, 0.25) is 0 Å². The number of aliphatic hydroxyl groups is 1. The summed E-state index contributed by atoms with van der Waals surface area (Å²) in [5, 5.41) is 13.6. The molecule has 0 bridgehead atoms. The Labute approximate surface area is 157 Å². The molecule has 130 valence electrons. The summed E-state index contributed by atoms with van der Waals surface area (Å²) in [6.45, 7) is 0.515. The summed E-state index contributed by atoms with van der Waals surface area (Å²) in [7, 11) is 0. The summed E-state index contributed by atoms with van der Waals surface area (Å²) < 4.78 is 5.88. The Morgan fingerprint density at radius 3 is 2.67 bits per heavy atom. The van der Waals surface area contributed by atoms with Crippen LogP contribution in [0.2, 0.25) is 10.0 Å². The van der Waals surface area contributed by atoms with Crippen LogP contribution in [-0.4, -0.2) is 17.8 Å². The van der Waals surface area contributed by atoms with Crippen molar-refractivity contribution >= 4 is 34.5 Å². The molecule has 24 heavy (non-hydrogen) atoms. The van der Waals surface area contributed by atoms with E-state index >= 15 is 0 Å². The summed E-state index contributed by atoms with van der Waals surface area (Å²) in [5.41, 5.74) is 0. The first-order valence-corrected chi connectivity index (χ1v) is 10.0. The van der Waals surface area contributed by atoms with Crippen LogP contribution >= 0.6 is 34.5 Å². The molecule has 1 fully saturated rings. The normalized spacial score (nSPS) is 23.5. The van der Waals surface area contributed by atoms with Gasteiger partial charge in [-0.1, -0.05) is 29.3 Å². The van der Waals surface area contributed by atoms with Crippen LogP contribution in [0.5, 0.6) is 5.75 Å². The molecular formula is C19H22Cl2O2S. The van der Waals surface area contributed by atoms with E-state index in [2.05, 4.69) is 17.5 Å². The number of hydrogen-bond acceptors (Lipinski definition) is 3. The fourth-order valence-electron chi connectivity index (χ4n) is 3.53. The number of thiophene rings is 1. The quantitative estimate of drug-likeness (QED) is 0.648. The molecule has 0 aliphatic heterocycles. The van der Waals surface area contributed by atoms with Crippen molar-refractivity contribution in [2.45, 2.75) is 38.2 Å². The van der Waals surface area contributed by atoms with E-state index in [1.54, 1.807) is 18.2 Å². The average molecular weight is 385 g/mol. The molecule has 1 aromatic heterocycles. The summed E-state index contributed by atoms with van der Waals surface area (Å²) in [6, 6.07) is 9.51. The molecule has 1 aromatic carbocycles. The summed E-state index contributed by atoms with van der Waals surface area (Å²) >= 11 is 13.8. The van der Waals surface area contributed by atoms with E-state index in [9.17, 15) is 5.11 Å². The highest BCUT2D eigenvalue weighted by molar-refractivity contribution is 7.09. The number of benzene rings is 1. The van der Waals surface area contributed by atoms with Gasteiger partial charge < -0.3 is 9.84 Å². The molecule has 1 saturated carbocycles. The van der Waals surface area contributed by atoms with Crippen molar-refractivity contribution in [2.75, 3.05) is 6.61 Å². The largest absolute Gasteiger partial charge is 0.493 e. The zero-order valence-electron chi connectivity index (χ0n) is 13.5. The highest BCUT2D eigenvalue weighted by Gasteiger charge is 2.35. The van der Waals surface area contributed by atoms with Gasteiger partial charge in [-0.05, 0) is 67.7 Å². The standard InChI is InChI=1S/C19H22Cl2O2S/c20-14-9-15(21)11-16(10-14)23-12-18-13(6-7-19(18)22)3-1-4-17-5-2-8-24-17/h2,5,8-11,13,18-19,22H,1,3-4,6-7,12H2/t13-,18+,19+/m0/s1. The van der Waals surface area contributed by atoms with Gasteiger partial charge in [0.1, 0.15) is 5.75 Å². The molecule has 1 heterocycles. The molecule has 0 saturated heterocycles. The van der Waals surface area contributed by atoms with E-state index in [1.165, 1.54) is 4.88 Å². The predicted molar refractivity (Wildman–Crippen MR) is 101 cm³/mol. The smallest absolute Gasteiger partial charge is 0.122 e. The van der Waals surface area contributed by atoms with Gasteiger partial charge in [-0.2, -0.15) is 0 Å². The minimum atomic E-state index is -0.272. The highest BCUT2D eigenvalue weighted by atomic mass is 35.5. The fraction of sp³-hybridized carbons (Fsp3) is 0.474. The number of aryl methyl sites for hydroxylation is 1. The minimum absolute atomic E-state index is 0.186. The maximum Gasteiger partial charge on any atom is 0.122 e. The van der Waals surface area contributed by atoms with Crippen LogP contribution in [0.1, 0.15) is 30.6 Å². The monoisotopic (exact) mass is 384 g/mol. The Hall–Kier alpha value is -0.740. The predicted octanol–water partition coefficient (Wildman–Crippen LogP) is 5.84. The molecule has 2 nitrogen and oxygen atoms in total. The maximum absolute atomic E-state index is 10.3. The second-order valence-electron chi connectivity index (χ2n) is 6.46. The molecule has 3 atom stereocenters. The number of ether oxygens (including phenoxy) is 1. The number of halogens is 2. The Kier molecular flexibility index (Phi) is 6.45. The number of aliphatic hydroxyl groups excluding tert-OH is 1. The summed E-state index contributed by atoms with van der Waals surface area (Å²) in [6.07, 6.45) is 5.11. The number of hydrogen-bond donors (Lipinski definition) is 1. The van der Waals surface area contributed by atoms with Crippen LogP contribution in [0.3, 0.4) is 0 Å². The zero-order chi connectivity index (χ0) is 16.9. The molecule has 1 N–H and O–H groups in total. The van der Waals surface area contributed by atoms with Crippen LogP contribution in [0.25, 0.3) is 0 Å². The van der Waals surface area contributed by atoms with Crippen molar-refractivity contribution in [3.8, 4) is 5.75 Å². The van der Waals surface area contributed by atoms with E-state index in [-0.39, 0.29) is 12.0 Å². The van der Waals surface area contributed by atoms with Crippen LogP contribution in [0.4, 0.5) is 0 Å². The first-order valence-electron chi connectivity index (χ1n) is 8.41. The molecule has 3 rings (SSSR count). The Bertz CT molecular complexity index is 625. The summed E-state index contributed by atoms with van der Waals surface area (Å²) in [4.78, 5) is 1.44. The van der Waals surface area contributed by atoms with Crippen molar-refractivity contribution in [1.29, 1.82) is 0 Å². The Balaban J connectivity index is 1.52. The van der Waals surface area contributed by atoms with Gasteiger partial charge in [0.15, 0.2) is 0 Å². The Morgan fingerprint density at radius 2 is 1.96 bits per heavy atom. The molecule has 5 heteroatoms. The lowest BCUT2D eigenvalue weighted by atomic mass is 9.90. The van der Waals surface area contributed by atoms with Gasteiger partial charge in [0, 0.05) is 20.8 Å². The molecule has 0 amide bonds. The van der Waals surface area contributed by atoms with Crippen molar-refractivity contribution in [3.05, 3.63) is 50.6 Å². The lowest BCUT2D eigenvalue weighted by Crippen LogP contribution is -2.26. The van der Waals surface area contributed by atoms with E-state index in [0.717, 1.165) is 32.1 Å². The van der Waals surface area contributed by atoms with Gasteiger partial charge in [-0.3, -0.25) is 0 Å². The van der Waals surface area contributed by atoms with Gasteiger partial charge in [-0.15, -0.1) is 11.3 Å². The highest BCUT2D eigenvalue weighted by Crippen LogP contribution is 2.36. The lowest BCUT2D eigenvalue weighted by molar-refractivity contribution is 0.0780. The third-order valence-corrected chi connectivity index (χ3v) is 6.16. The third-order valence-electron chi connectivity index (χ3n) is 4.79. The molecule has 0 spiro atoms. The van der Waals surface area contributed by atoms with E-state index < -0.39 is 0 Å². The lowest BCUT2D eigenvalue weighted by Gasteiger charge is -2.22. The third kappa shape index (κ3) is 4.89. The van der Waals surface area contributed by atoms with Crippen LogP contribution in [0, 0.1) is 11.8 Å². The van der Waals surface area contributed by atoms with E-state index in [1.807, 2.05) is 11.3 Å². The topological polar surface area (TPSA) is 29.5 Å². The van der Waals surface area contributed by atoms with Crippen molar-refractivity contribution in [3.63, 3.8) is 0 Å². The number of rotatable bonds is 7. The molecule has 2 aromatic rings. The van der Waals surface area contributed by atoms with Crippen LogP contribution in [-0.2, 0) is 6.42 Å². The zero-order valence-corrected chi connectivity index (χ0v) is 15.8. The molecule has 1 aliphatic rings. The Morgan fingerprint density at radius 1 is 1.17 bits per heavy atom. The minimum Gasteiger partial charge on any atom is -0.493 e. The van der Waals surface area contributed by atoms with Gasteiger partial charge in [0.25, 0.3) is 0 Å². The van der Waals surface area contributed by atoms with Gasteiger partial charge in [0.05, 0.1) is 12.7 Å². The van der Waals surface area contributed by atoms with E-state index in [0.29, 0.717) is 28.3 Å². The molecule has 0 radical (unpaired) electrons.